The number of aromatic amines is 1. The van der Waals surface area contributed by atoms with Crippen LogP contribution in [0.2, 0.25) is 5.02 Å². The lowest BCUT2D eigenvalue weighted by molar-refractivity contribution is 0.154. The summed E-state index contributed by atoms with van der Waals surface area (Å²) in [5.74, 6) is 0.517. The van der Waals surface area contributed by atoms with E-state index in [0.29, 0.717) is 19.0 Å². The average molecular weight is 333 g/mol. The minimum atomic E-state index is -3.59. The number of piperidine rings is 1. The monoisotopic (exact) mass is 332 g/mol. The van der Waals surface area contributed by atoms with Crippen LogP contribution in [0.4, 0.5) is 0 Å². The summed E-state index contributed by atoms with van der Waals surface area (Å²) in [7, 11) is -3.59. The third-order valence-corrected chi connectivity index (χ3v) is 6.31. The zero-order chi connectivity index (χ0) is 15.8. The van der Waals surface area contributed by atoms with Gasteiger partial charge in [-0.05, 0) is 30.2 Å². The summed E-state index contributed by atoms with van der Waals surface area (Å²) in [4.78, 5) is 13.6. The molecule has 1 N–H and O–H groups in total. The van der Waals surface area contributed by atoms with Crippen molar-refractivity contribution in [3.63, 3.8) is 0 Å². The van der Waals surface area contributed by atoms with E-state index < -0.39 is 15.6 Å². The van der Waals surface area contributed by atoms with E-state index in [-0.39, 0.29) is 15.3 Å². The predicted molar refractivity (Wildman–Crippen MR) is 83.0 cm³/mol. The van der Waals surface area contributed by atoms with E-state index in [1.54, 1.807) is 0 Å². The van der Waals surface area contributed by atoms with E-state index in [0.717, 1.165) is 12.8 Å². The number of nitrogens with zero attached hydrogens (tertiary/aromatic N) is 1. The molecule has 0 spiro atoms. The molecule has 0 amide bonds. The summed E-state index contributed by atoms with van der Waals surface area (Å²) in [6.45, 7) is 7.55. The van der Waals surface area contributed by atoms with Crippen molar-refractivity contribution < 1.29 is 8.42 Å². The molecule has 2 rings (SSSR count). The van der Waals surface area contributed by atoms with Crippen molar-refractivity contribution in [3.8, 4) is 0 Å². The highest BCUT2D eigenvalue weighted by molar-refractivity contribution is 7.89. The smallest absolute Gasteiger partial charge is 0.266 e. The molecule has 1 aromatic rings. The number of aromatic nitrogens is 1. The standard InChI is InChI=1S/C14H21ClN2O3S/c1-14(2,3)10-4-6-17(7-5-10)21(19,20)11-8-12(15)13(18)16-9-11/h8-10H,4-7H2,1-3H3,(H,16,18). The first kappa shape index (κ1) is 16.5. The highest BCUT2D eigenvalue weighted by atomic mass is 35.5. The Labute approximate surface area is 130 Å². The second kappa shape index (κ2) is 5.74. The highest BCUT2D eigenvalue weighted by Gasteiger charge is 2.34. The molecule has 1 aromatic heterocycles. The zero-order valence-corrected chi connectivity index (χ0v) is 14.1. The molecule has 2 heterocycles. The van der Waals surface area contributed by atoms with E-state index in [4.69, 9.17) is 11.6 Å². The molecule has 21 heavy (non-hydrogen) atoms. The molecule has 118 valence electrons. The molecule has 0 aromatic carbocycles. The maximum atomic E-state index is 12.6. The van der Waals surface area contributed by atoms with Gasteiger partial charge < -0.3 is 4.98 Å². The Morgan fingerprint density at radius 3 is 2.33 bits per heavy atom. The Bertz CT molecular complexity index is 668. The number of hydrogen-bond acceptors (Lipinski definition) is 3. The van der Waals surface area contributed by atoms with Gasteiger partial charge in [0.05, 0.1) is 4.90 Å². The van der Waals surface area contributed by atoms with Crippen LogP contribution in [0.3, 0.4) is 0 Å². The minimum absolute atomic E-state index is 0.0429. The molecule has 0 saturated carbocycles. The Balaban J connectivity index is 2.18. The number of H-pyrrole nitrogens is 1. The molecule has 5 nitrogen and oxygen atoms in total. The van der Waals surface area contributed by atoms with Crippen LogP contribution in [-0.2, 0) is 10.0 Å². The normalized spacial score (nSPS) is 18.9. The van der Waals surface area contributed by atoms with Gasteiger partial charge in [-0.2, -0.15) is 4.31 Å². The summed E-state index contributed by atoms with van der Waals surface area (Å²) in [6.07, 6.45) is 2.90. The van der Waals surface area contributed by atoms with Gasteiger partial charge in [-0.3, -0.25) is 4.79 Å². The lowest BCUT2D eigenvalue weighted by Crippen LogP contribution is -2.41. The van der Waals surface area contributed by atoms with Gasteiger partial charge in [0.15, 0.2) is 0 Å². The van der Waals surface area contributed by atoms with Crippen molar-refractivity contribution in [2.75, 3.05) is 13.1 Å². The second-order valence-electron chi connectivity index (χ2n) is 6.56. The summed E-state index contributed by atoms with van der Waals surface area (Å²) in [5, 5.41) is -0.111. The van der Waals surface area contributed by atoms with Gasteiger partial charge in [-0.15, -0.1) is 0 Å². The van der Waals surface area contributed by atoms with Crippen LogP contribution in [0.15, 0.2) is 22.0 Å². The van der Waals surface area contributed by atoms with Crippen LogP contribution in [0.1, 0.15) is 33.6 Å². The van der Waals surface area contributed by atoms with Gasteiger partial charge in [0.1, 0.15) is 5.02 Å². The number of nitrogens with one attached hydrogen (secondary N) is 1. The van der Waals surface area contributed by atoms with E-state index in [2.05, 4.69) is 25.8 Å². The molecule has 1 aliphatic heterocycles. The van der Waals surface area contributed by atoms with E-state index in [1.165, 1.54) is 16.6 Å². The van der Waals surface area contributed by atoms with Crippen LogP contribution in [0, 0.1) is 11.3 Å². The largest absolute Gasteiger partial charge is 0.326 e. The van der Waals surface area contributed by atoms with Crippen molar-refractivity contribution in [1.82, 2.24) is 9.29 Å². The fourth-order valence-electron chi connectivity index (χ4n) is 2.70. The quantitative estimate of drug-likeness (QED) is 0.904. The number of pyridine rings is 1. The van der Waals surface area contributed by atoms with Crippen molar-refractivity contribution in [3.05, 3.63) is 27.6 Å². The van der Waals surface area contributed by atoms with E-state index in [1.807, 2.05) is 0 Å². The second-order valence-corrected chi connectivity index (χ2v) is 8.90. The maximum Gasteiger partial charge on any atom is 0.266 e. The SMILES string of the molecule is CC(C)(C)C1CCN(S(=O)(=O)c2c[nH]c(=O)c(Cl)c2)CC1. The molecular weight excluding hydrogens is 312 g/mol. The van der Waals surface area contributed by atoms with Crippen molar-refractivity contribution >= 4 is 21.6 Å². The molecule has 1 saturated heterocycles. The third-order valence-electron chi connectivity index (χ3n) is 4.15. The first-order valence-corrected chi connectivity index (χ1v) is 8.82. The Hall–Kier alpha value is -0.850. The van der Waals surface area contributed by atoms with Crippen LogP contribution in [0.25, 0.3) is 0 Å². The van der Waals surface area contributed by atoms with E-state index >= 15 is 0 Å². The topological polar surface area (TPSA) is 70.2 Å². The molecule has 0 unspecified atom stereocenters. The number of hydrogen-bond donors (Lipinski definition) is 1. The van der Waals surface area contributed by atoms with Crippen LogP contribution < -0.4 is 5.56 Å². The van der Waals surface area contributed by atoms with Crippen molar-refractivity contribution in [2.24, 2.45) is 11.3 Å². The number of sulfonamides is 1. The molecule has 1 fully saturated rings. The fourth-order valence-corrected chi connectivity index (χ4v) is 4.40. The summed E-state index contributed by atoms with van der Waals surface area (Å²) >= 11 is 5.72. The molecule has 7 heteroatoms. The van der Waals surface area contributed by atoms with Gasteiger partial charge in [-0.1, -0.05) is 32.4 Å². The average Bonchev–Trinajstić information content (AvgIpc) is 2.41. The van der Waals surface area contributed by atoms with Crippen LogP contribution in [-0.4, -0.2) is 30.8 Å². The van der Waals surface area contributed by atoms with Gasteiger partial charge >= 0.3 is 0 Å². The fraction of sp³-hybridized carbons (Fsp3) is 0.643. The number of rotatable bonds is 2. The Morgan fingerprint density at radius 2 is 1.86 bits per heavy atom. The molecule has 0 radical (unpaired) electrons. The van der Waals surface area contributed by atoms with Crippen LogP contribution >= 0.6 is 11.6 Å². The minimum Gasteiger partial charge on any atom is -0.326 e. The van der Waals surface area contributed by atoms with Gasteiger partial charge in [-0.25, -0.2) is 8.42 Å². The third kappa shape index (κ3) is 3.49. The summed E-state index contributed by atoms with van der Waals surface area (Å²) in [6, 6.07) is 1.21. The van der Waals surface area contributed by atoms with Crippen molar-refractivity contribution in [2.45, 2.75) is 38.5 Å². The molecule has 0 atom stereocenters. The van der Waals surface area contributed by atoms with Crippen molar-refractivity contribution in [1.29, 1.82) is 0 Å². The lowest BCUT2D eigenvalue weighted by atomic mass is 9.76. The van der Waals surface area contributed by atoms with Gasteiger partial charge in [0.25, 0.3) is 5.56 Å². The molecule has 0 aliphatic carbocycles. The van der Waals surface area contributed by atoms with E-state index in [9.17, 15) is 13.2 Å². The van der Waals surface area contributed by atoms with Gasteiger partial charge in [0.2, 0.25) is 10.0 Å². The Morgan fingerprint density at radius 1 is 1.29 bits per heavy atom. The summed E-state index contributed by atoms with van der Waals surface area (Å²) < 4.78 is 26.6. The molecular formula is C14H21ClN2O3S. The summed E-state index contributed by atoms with van der Waals surface area (Å²) in [5.41, 5.74) is -0.293. The molecule has 0 bridgehead atoms. The Kier molecular flexibility index (Phi) is 4.52. The zero-order valence-electron chi connectivity index (χ0n) is 12.5. The first-order chi connectivity index (χ1) is 9.62. The van der Waals surface area contributed by atoms with Crippen LogP contribution in [0.5, 0.6) is 0 Å². The lowest BCUT2D eigenvalue weighted by Gasteiger charge is -2.38. The maximum absolute atomic E-state index is 12.6. The first-order valence-electron chi connectivity index (χ1n) is 7.01. The highest BCUT2D eigenvalue weighted by Crippen LogP contribution is 2.35. The number of halogens is 1. The molecule has 1 aliphatic rings. The predicted octanol–water partition coefficient (Wildman–Crippen LogP) is 2.48. The van der Waals surface area contributed by atoms with Gasteiger partial charge in [0, 0.05) is 19.3 Å².